The van der Waals surface area contributed by atoms with Crippen LogP contribution in [0.5, 0.6) is 0 Å². The summed E-state index contributed by atoms with van der Waals surface area (Å²) in [5, 5.41) is 8.46. The lowest BCUT2D eigenvalue weighted by Gasteiger charge is -2.28. The molecule has 0 unspecified atom stereocenters. The first-order valence-corrected chi connectivity index (χ1v) is 10.7. The van der Waals surface area contributed by atoms with E-state index in [4.69, 9.17) is 0 Å². The molecular weight excluding hydrogens is 376 g/mol. The van der Waals surface area contributed by atoms with Gasteiger partial charge in [0.05, 0.1) is 12.7 Å². The number of benzene rings is 1. The molecule has 0 radical (unpaired) electrons. The van der Waals surface area contributed by atoms with E-state index in [-0.39, 0.29) is 5.91 Å². The number of pyridine rings is 1. The number of amides is 1. The van der Waals surface area contributed by atoms with Crippen LogP contribution in [0.3, 0.4) is 0 Å². The van der Waals surface area contributed by atoms with Crippen molar-refractivity contribution in [3.8, 4) is 0 Å². The Morgan fingerprint density at radius 1 is 1.07 bits per heavy atom. The molecule has 2 aliphatic rings. The third-order valence-corrected chi connectivity index (χ3v) is 6.21. The third kappa shape index (κ3) is 3.98. The first-order chi connectivity index (χ1) is 14.8. The number of hydrogen-bond acceptors (Lipinski definition) is 5. The molecule has 3 aromatic rings. The molecule has 0 bridgehead atoms. The zero-order chi connectivity index (χ0) is 20.3. The topological polar surface area (TPSA) is 67.2 Å². The van der Waals surface area contributed by atoms with E-state index in [2.05, 4.69) is 50.5 Å². The second-order valence-corrected chi connectivity index (χ2v) is 8.19. The van der Waals surface area contributed by atoms with Gasteiger partial charge in [0, 0.05) is 38.1 Å². The largest absolute Gasteiger partial charge is 0.333 e. The first kappa shape index (κ1) is 18.9. The molecule has 1 saturated heterocycles. The molecule has 1 aromatic carbocycles. The van der Waals surface area contributed by atoms with Crippen molar-refractivity contribution in [1.29, 1.82) is 0 Å². The van der Waals surface area contributed by atoms with Crippen LogP contribution in [0.4, 0.5) is 0 Å². The van der Waals surface area contributed by atoms with Crippen molar-refractivity contribution < 1.29 is 4.79 Å². The van der Waals surface area contributed by atoms with Crippen LogP contribution in [0, 0.1) is 0 Å². The van der Waals surface area contributed by atoms with E-state index in [0.29, 0.717) is 18.3 Å². The van der Waals surface area contributed by atoms with Crippen LogP contribution < -0.4 is 0 Å². The normalized spacial score (nSPS) is 19.1. The average Bonchev–Trinajstić information content (AvgIpc) is 3.44. The number of aromatic nitrogens is 4. The SMILES string of the molecule is O=C(c1cn(C[C@@H]2CCCN2Cc2ccncc2)nn1)N1CCc2ccccc2C1. The van der Waals surface area contributed by atoms with Crippen LogP contribution in [0.25, 0.3) is 0 Å². The van der Waals surface area contributed by atoms with Crippen molar-refractivity contribution in [2.24, 2.45) is 0 Å². The van der Waals surface area contributed by atoms with Crippen molar-refractivity contribution in [3.05, 3.63) is 77.4 Å². The van der Waals surface area contributed by atoms with Gasteiger partial charge in [0.2, 0.25) is 0 Å². The van der Waals surface area contributed by atoms with E-state index in [1.54, 1.807) is 0 Å². The van der Waals surface area contributed by atoms with Crippen molar-refractivity contribution in [2.45, 2.75) is 44.9 Å². The van der Waals surface area contributed by atoms with Crippen LogP contribution in [0.2, 0.25) is 0 Å². The third-order valence-electron chi connectivity index (χ3n) is 6.21. The number of hydrogen-bond donors (Lipinski definition) is 0. The Kier molecular flexibility index (Phi) is 5.27. The Labute approximate surface area is 176 Å². The average molecular weight is 403 g/mol. The van der Waals surface area contributed by atoms with Crippen molar-refractivity contribution in [1.82, 2.24) is 29.8 Å². The molecule has 0 spiro atoms. The quantitative estimate of drug-likeness (QED) is 0.656. The molecule has 1 fully saturated rings. The van der Waals surface area contributed by atoms with Gasteiger partial charge in [-0.3, -0.25) is 19.4 Å². The zero-order valence-corrected chi connectivity index (χ0v) is 17.0. The maximum atomic E-state index is 13.0. The predicted molar refractivity (Wildman–Crippen MR) is 113 cm³/mol. The summed E-state index contributed by atoms with van der Waals surface area (Å²) in [7, 11) is 0. The predicted octanol–water partition coefficient (Wildman–Crippen LogP) is 2.54. The molecule has 4 heterocycles. The highest BCUT2D eigenvalue weighted by atomic mass is 16.2. The standard InChI is InChI=1S/C23H26N6O/c30-23(28-13-9-19-4-1-2-5-20(19)15-28)22-17-29(26-25-22)16-21-6-3-12-27(21)14-18-7-10-24-11-8-18/h1-2,4-5,7-8,10-11,17,21H,3,6,9,12-16H2/t21-/m0/s1. The monoisotopic (exact) mass is 402 g/mol. The van der Waals surface area contributed by atoms with Crippen LogP contribution in [0.15, 0.2) is 55.0 Å². The molecular formula is C23H26N6O. The molecule has 7 heteroatoms. The Hall–Kier alpha value is -3.06. The molecule has 1 amide bonds. The number of rotatable bonds is 5. The van der Waals surface area contributed by atoms with Crippen molar-refractivity contribution >= 4 is 5.91 Å². The van der Waals surface area contributed by atoms with E-state index < -0.39 is 0 Å². The van der Waals surface area contributed by atoms with Gasteiger partial charge in [0.25, 0.3) is 5.91 Å². The van der Waals surface area contributed by atoms with Gasteiger partial charge in [0.1, 0.15) is 0 Å². The lowest BCUT2D eigenvalue weighted by Crippen LogP contribution is -2.36. The van der Waals surface area contributed by atoms with E-state index in [0.717, 1.165) is 39.0 Å². The molecule has 7 nitrogen and oxygen atoms in total. The van der Waals surface area contributed by atoms with Crippen LogP contribution in [0.1, 0.15) is 40.0 Å². The molecule has 5 rings (SSSR count). The summed E-state index contributed by atoms with van der Waals surface area (Å²) in [6, 6.07) is 12.9. The van der Waals surface area contributed by atoms with E-state index in [1.807, 2.05) is 34.2 Å². The minimum atomic E-state index is -0.0317. The lowest BCUT2D eigenvalue weighted by atomic mass is 10.00. The fraction of sp³-hybridized carbons (Fsp3) is 0.391. The summed E-state index contributed by atoms with van der Waals surface area (Å²) in [6.45, 7) is 4.13. The minimum absolute atomic E-state index is 0.0317. The molecule has 154 valence electrons. The van der Waals surface area contributed by atoms with Crippen molar-refractivity contribution in [3.63, 3.8) is 0 Å². The molecule has 2 aliphatic heterocycles. The van der Waals surface area contributed by atoms with Gasteiger partial charge >= 0.3 is 0 Å². The highest BCUT2D eigenvalue weighted by Gasteiger charge is 2.27. The van der Waals surface area contributed by atoms with E-state index in [1.165, 1.54) is 23.1 Å². The van der Waals surface area contributed by atoms with Gasteiger partial charge in [-0.05, 0) is 54.6 Å². The smallest absolute Gasteiger partial charge is 0.276 e. The number of nitrogens with zero attached hydrogens (tertiary/aromatic N) is 6. The molecule has 0 N–H and O–H groups in total. The Balaban J connectivity index is 1.23. The lowest BCUT2D eigenvalue weighted by molar-refractivity contribution is 0.0728. The summed E-state index contributed by atoms with van der Waals surface area (Å²) in [5.41, 5.74) is 4.27. The van der Waals surface area contributed by atoms with E-state index in [9.17, 15) is 4.79 Å². The summed E-state index contributed by atoms with van der Waals surface area (Å²) >= 11 is 0. The van der Waals surface area contributed by atoms with Gasteiger partial charge in [-0.1, -0.05) is 29.5 Å². The second kappa shape index (κ2) is 8.36. The van der Waals surface area contributed by atoms with Gasteiger partial charge in [-0.2, -0.15) is 0 Å². The van der Waals surface area contributed by atoms with Crippen LogP contribution in [-0.2, 0) is 26.1 Å². The Bertz CT molecular complexity index is 1020. The second-order valence-electron chi connectivity index (χ2n) is 8.19. The molecule has 0 aliphatic carbocycles. The fourth-order valence-corrected chi connectivity index (χ4v) is 4.57. The maximum Gasteiger partial charge on any atom is 0.276 e. The summed E-state index contributed by atoms with van der Waals surface area (Å²) in [5.74, 6) is -0.0317. The molecule has 2 aromatic heterocycles. The number of likely N-dealkylation sites (tertiary alicyclic amines) is 1. The Morgan fingerprint density at radius 3 is 2.77 bits per heavy atom. The first-order valence-electron chi connectivity index (χ1n) is 10.7. The maximum absolute atomic E-state index is 13.0. The number of carbonyl (C=O) groups excluding carboxylic acids is 1. The molecule has 1 atom stereocenters. The zero-order valence-electron chi connectivity index (χ0n) is 17.0. The van der Waals surface area contributed by atoms with E-state index >= 15 is 0 Å². The van der Waals surface area contributed by atoms with Crippen molar-refractivity contribution in [2.75, 3.05) is 13.1 Å². The molecule has 30 heavy (non-hydrogen) atoms. The van der Waals surface area contributed by atoms with Crippen LogP contribution >= 0.6 is 0 Å². The fourth-order valence-electron chi connectivity index (χ4n) is 4.57. The molecule has 0 saturated carbocycles. The number of carbonyl (C=O) groups is 1. The highest BCUT2D eigenvalue weighted by Crippen LogP contribution is 2.22. The van der Waals surface area contributed by atoms with Gasteiger partial charge in [0.15, 0.2) is 5.69 Å². The number of fused-ring (bicyclic) bond motifs is 1. The summed E-state index contributed by atoms with van der Waals surface area (Å²) in [6.07, 6.45) is 8.71. The van der Waals surface area contributed by atoms with Gasteiger partial charge < -0.3 is 4.90 Å². The van der Waals surface area contributed by atoms with Gasteiger partial charge in [-0.15, -0.1) is 5.10 Å². The Morgan fingerprint density at radius 2 is 1.90 bits per heavy atom. The van der Waals surface area contributed by atoms with Gasteiger partial charge in [-0.25, -0.2) is 0 Å². The van der Waals surface area contributed by atoms with Crippen LogP contribution in [-0.4, -0.2) is 54.8 Å². The summed E-state index contributed by atoms with van der Waals surface area (Å²) in [4.78, 5) is 21.4. The summed E-state index contributed by atoms with van der Waals surface area (Å²) < 4.78 is 1.83. The minimum Gasteiger partial charge on any atom is -0.333 e. The highest BCUT2D eigenvalue weighted by molar-refractivity contribution is 5.92.